The van der Waals surface area contributed by atoms with Crippen molar-refractivity contribution in [1.29, 1.82) is 0 Å². The van der Waals surface area contributed by atoms with Crippen molar-refractivity contribution >= 4 is 29.5 Å². The third-order valence-electron chi connectivity index (χ3n) is 9.95. The SMILES string of the molecule is CCCC(CCC)N(C(=O)CN1C[C@H](c2cc(OC)c3c(c2)OCO3)C(C(=O)O)[C@@H]1CCN1C(=O)CCN(C)C1=O)c1ccc(F)c(C)c1. The molecular weight excluding hydrogens is 635 g/mol. The van der Waals surface area contributed by atoms with Gasteiger partial charge >= 0.3 is 12.0 Å². The molecule has 1 N–H and O–H groups in total. The molecule has 2 fully saturated rings. The average molecular weight is 683 g/mol. The van der Waals surface area contributed by atoms with E-state index in [2.05, 4.69) is 13.8 Å². The van der Waals surface area contributed by atoms with Crippen LogP contribution in [0.4, 0.5) is 14.9 Å². The van der Waals surface area contributed by atoms with Crippen molar-refractivity contribution in [3.05, 3.63) is 47.3 Å². The molecule has 3 aliphatic rings. The van der Waals surface area contributed by atoms with Crippen molar-refractivity contribution in [3.63, 3.8) is 0 Å². The third kappa shape index (κ3) is 7.46. The van der Waals surface area contributed by atoms with Gasteiger partial charge in [-0.3, -0.25) is 24.2 Å². The topological polar surface area (TPSA) is 129 Å². The van der Waals surface area contributed by atoms with Crippen LogP contribution in [-0.2, 0) is 14.4 Å². The Morgan fingerprint density at radius 3 is 2.51 bits per heavy atom. The lowest BCUT2D eigenvalue weighted by Gasteiger charge is -2.36. The second kappa shape index (κ2) is 15.4. The zero-order valence-corrected chi connectivity index (χ0v) is 28.9. The minimum absolute atomic E-state index is 0.00709. The van der Waals surface area contributed by atoms with Crippen LogP contribution in [0.2, 0.25) is 0 Å². The number of amides is 4. The number of halogens is 1. The molecule has 0 spiro atoms. The average Bonchev–Trinajstić information content (AvgIpc) is 3.69. The number of carboxylic acids is 1. The van der Waals surface area contributed by atoms with Crippen molar-refractivity contribution in [2.45, 2.75) is 77.3 Å². The number of methoxy groups -OCH3 is 1. The van der Waals surface area contributed by atoms with Gasteiger partial charge in [0.1, 0.15) is 5.82 Å². The number of ether oxygens (including phenoxy) is 3. The Balaban J connectivity index is 1.52. The van der Waals surface area contributed by atoms with E-state index in [0.29, 0.717) is 40.6 Å². The van der Waals surface area contributed by atoms with Crippen LogP contribution in [0.25, 0.3) is 0 Å². The summed E-state index contributed by atoms with van der Waals surface area (Å²) < 4.78 is 31.1. The van der Waals surface area contributed by atoms with E-state index in [1.165, 1.54) is 23.0 Å². The molecule has 1 unspecified atom stereocenters. The van der Waals surface area contributed by atoms with Crippen LogP contribution >= 0.6 is 0 Å². The van der Waals surface area contributed by atoms with E-state index in [1.807, 2.05) is 4.90 Å². The molecule has 2 aromatic rings. The fourth-order valence-electron chi connectivity index (χ4n) is 7.50. The molecule has 0 aromatic heterocycles. The lowest BCUT2D eigenvalue weighted by Crippen LogP contribution is -2.52. The predicted molar refractivity (Wildman–Crippen MR) is 180 cm³/mol. The van der Waals surface area contributed by atoms with E-state index in [9.17, 15) is 28.7 Å². The fraction of sp³-hybridized carbons (Fsp3) is 0.556. The molecule has 2 aromatic carbocycles. The Labute approximate surface area is 286 Å². The number of urea groups is 1. The maximum Gasteiger partial charge on any atom is 0.326 e. The normalized spacial score (nSPS) is 20.8. The zero-order valence-electron chi connectivity index (χ0n) is 28.9. The summed E-state index contributed by atoms with van der Waals surface area (Å²) in [4.78, 5) is 59.7. The number of fused-ring (bicyclic) bond motifs is 1. The molecule has 3 aliphatic heterocycles. The summed E-state index contributed by atoms with van der Waals surface area (Å²) in [6.07, 6.45) is 3.48. The lowest BCUT2D eigenvalue weighted by atomic mass is 9.84. The third-order valence-corrected chi connectivity index (χ3v) is 9.95. The molecule has 5 rings (SSSR count). The molecular formula is C36H47FN4O8. The van der Waals surface area contributed by atoms with Crippen LogP contribution < -0.4 is 19.1 Å². The van der Waals surface area contributed by atoms with Gasteiger partial charge in [0, 0.05) is 56.8 Å². The molecule has 3 heterocycles. The smallest absolute Gasteiger partial charge is 0.326 e. The molecule has 0 bridgehead atoms. The monoisotopic (exact) mass is 682 g/mol. The van der Waals surface area contributed by atoms with Gasteiger partial charge < -0.3 is 29.1 Å². The number of rotatable bonds is 14. The largest absolute Gasteiger partial charge is 0.493 e. The van der Waals surface area contributed by atoms with E-state index in [0.717, 1.165) is 25.7 Å². The van der Waals surface area contributed by atoms with Gasteiger partial charge in [-0.15, -0.1) is 0 Å². The molecule has 266 valence electrons. The van der Waals surface area contributed by atoms with Gasteiger partial charge in [-0.2, -0.15) is 0 Å². The number of imide groups is 1. The molecule has 0 radical (unpaired) electrons. The number of anilines is 1. The van der Waals surface area contributed by atoms with Gasteiger partial charge in [-0.05, 0) is 67.6 Å². The van der Waals surface area contributed by atoms with Crippen LogP contribution in [-0.4, -0.2) is 103 Å². The number of aryl methyl sites for hydroxylation is 1. The first kappa shape index (κ1) is 35.9. The van der Waals surface area contributed by atoms with Gasteiger partial charge in [-0.1, -0.05) is 26.7 Å². The lowest BCUT2D eigenvalue weighted by molar-refractivity contribution is -0.143. The molecule has 3 atom stereocenters. The molecule has 12 nitrogen and oxygen atoms in total. The van der Waals surface area contributed by atoms with Crippen LogP contribution in [0.1, 0.15) is 69.4 Å². The first-order valence-corrected chi connectivity index (χ1v) is 17.1. The first-order valence-electron chi connectivity index (χ1n) is 17.1. The number of benzene rings is 2. The van der Waals surface area contributed by atoms with Crippen molar-refractivity contribution in [1.82, 2.24) is 14.7 Å². The summed E-state index contributed by atoms with van der Waals surface area (Å²) in [6.45, 7) is 6.20. The highest BCUT2D eigenvalue weighted by Crippen LogP contribution is 2.47. The zero-order chi connectivity index (χ0) is 35.4. The number of carbonyl (C=O) groups is 4. The predicted octanol–water partition coefficient (Wildman–Crippen LogP) is 5.02. The highest BCUT2D eigenvalue weighted by molar-refractivity contribution is 5.97. The number of nitrogens with zero attached hydrogens (tertiary/aromatic N) is 4. The number of carbonyl (C=O) groups excluding carboxylic acids is 3. The Kier molecular flexibility index (Phi) is 11.3. The van der Waals surface area contributed by atoms with E-state index in [-0.39, 0.29) is 62.9 Å². The number of hydrogen-bond acceptors (Lipinski definition) is 8. The summed E-state index contributed by atoms with van der Waals surface area (Å²) in [5, 5.41) is 10.7. The minimum Gasteiger partial charge on any atom is -0.493 e. The molecule has 49 heavy (non-hydrogen) atoms. The van der Waals surface area contributed by atoms with Crippen LogP contribution in [0.5, 0.6) is 17.2 Å². The Hall–Kier alpha value is -4.39. The second-order valence-corrected chi connectivity index (χ2v) is 13.1. The van der Waals surface area contributed by atoms with Crippen molar-refractivity contribution in [3.8, 4) is 17.2 Å². The second-order valence-electron chi connectivity index (χ2n) is 13.1. The molecule has 0 aliphatic carbocycles. The van der Waals surface area contributed by atoms with Gasteiger partial charge in [-0.25, -0.2) is 9.18 Å². The Morgan fingerprint density at radius 2 is 1.86 bits per heavy atom. The van der Waals surface area contributed by atoms with E-state index < -0.39 is 29.9 Å². The number of carboxylic acid groups (broad SMARTS) is 1. The van der Waals surface area contributed by atoms with Crippen molar-refractivity contribution < 1.29 is 42.9 Å². The quantitative estimate of drug-likeness (QED) is 0.292. The highest BCUT2D eigenvalue weighted by Gasteiger charge is 2.48. The Morgan fingerprint density at radius 1 is 1.12 bits per heavy atom. The Bertz CT molecular complexity index is 1560. The standard InChI is InChI=1S/C36H47FN4O8/c1-6-8-24(9-7-2)41(25-10-11-27(37)22(3)16-25)32(43)20-39-19-26(23-17-29(47-5)34-30(18-23)48-21-49-34)33(35(44)45)28(39)12-15-40-31(42)13-14-38(4)36(40)46/h10-11,16-18,24,26,28,33H,6-9,12-15,19-21H2,1-5H3,(H,44,45)/t26-,28+,33?/m1/s1. The maximum atomic E-state index is 14.5. The number of hydrogen-bond donors (Lipinski definition) is 1. The van der Waals surface area contributed by atoms with E-state index >= 15 is 0 Å². The van der Waals surface area contributed by atoms with Gasteiger partial charge in [0.15, 0.2) is 11.5 Å². The highest BCUT2D eigenvalue weighted by atomic mass is 19.1. The molecule has 4 amide bonds. The van der Waals surface area contributed by atoms with Crippen molar-refractivity contribution in [2.24, 2.45) is 5.92 Å². The van der Waals surface area contributed by atoms with E-state index in [4.69, 9.17) is 14.2 Å². The van der Waals surface area contributed by atoms with Crippen LogP contribution in [0, 0.1) is 18.7 Å². The minimum atomic E-state index is -1.06. The van der Waals surface area contributed by atoms with Gasteiger partial charge in [0.25, 0.3) is 0 Å². The summed E-state index contributed by atoms with van der Waals surface area (Å²) >= 11 is 0. The summed E-state index contributed by atoms with van der Waals surface area (Å²) in [6, 6.07) is 6.89. The summed E-state index contributed by atoms with van der Waals surface area (Å²) in [5.74, 6) is -2.26. The van der Waals surface area contributed by atoms with Crippen molar-refractivity contribution in [2.75, 3.05) is 52.0 Å². The van der Waals surface area contributed by atoms with Gasteiger partial charge in [0.2, 0.25) is 24.4 Å². The summed E-state index contributed by atoms with van der Waals surface area (Å²) in [5.41, 5.74) is 1.66. The number of aliphatic carboxylic acids is 1. The number of likely N-dealkylation sites (tertiary alicyclic amines) is 1. The molecule has 13 heteroatoms. The fourth-order valence-corrected chi connectivity index (χ4v) is 7.50. The first-order chi connectivity index (χ1) is 23.5. The van der Waals surface area contributed by atoms with Gasteiger partial charge in [0.05, 0.1) is 19.6 Å². The molecule has 2 saturated heterocycles. The van der Waals surface area contributed by atoms with E-state index in [1.54, 1.807) is 43.1 Å². The van der Waals surface area contributed by atoms with Crippen LogP contribution in [0.15, 0.2) is 30.3 Å². The van der Waals surface area contributed by atoms with Crippen LogP contribution in [0.3, 0.4) is 0 Å². The maximum absolute atomic E-state index is 14.5. The molecule has 0 saturated carbocycles. The summed E-state index contributed by atoms with van der Waals surface area (Å²) in [7, 11) is 3.12.